The van der Waals surface area contributed by atoms with Crippen LogP contribution in [0, 0.1) is 18.8 Å². The molecule has 1 aliphatic carbocycles. The molecule has 11 nitrogen and oxygen atoms in total. The van der Waals surface area contributed by atoms with E-state index in [0.717, 1.165) is 32.1 Å². The number of carbonyl (C=O) groups excluding carboxylic acids is 5. The van der Waals surface area contributed by atoms with E-state index in [0.29, 0.717) is 37.0 Å². The van der Waals surface area contributed by atoms with Crippen LogP contribution in [0.25, 0.3) is 0 Å². The fourth-order valence-corrected chi connectivity index (χ4v) is 4.94. The summed E-state index contributed by atoms with van der Waals surface area (Å²) in [6, 6.07) is -1.41. The van der Waals surface area contributed by atoms with Gasteiger partial charge in [-0.05, 0) is 44.6 Å². The van der Waals surface area contributed by atoms with Gasteiger partial charge in [-0.15, -0.1) is 0 Å². The van der Waals surface area contributed by atoms with Crippen molar-refractivity contribution >= 4 is 29.9 Å². The first kappa shape index (κ1) is 28.1. The van der Waals surface area contributed by atoms with Crippen molar-refractivity contribution in [3.05, 3.63) is 29.7 Å². The zero-order chi connectivity index (χ0) is 26.9. The van der Waals surface area contributed by atoms with Crippen LogP contribution in [0.15, 0.2) is 22.7 Å². The third kappa shape index (κ3) is 7.99. The van der Waals surface area contributed by atoms with Gasteiger partial charge in [0.2, 0.25) is 17.7 Å². The minimum Gasteiger partial charge on any atom is -0.361 e. The monoisotopic (exact) mass is 515 g/mol. The molecule has 4 amide bonds. The highest BCUT2D eigenvalue weighted by atomic mass is 16.5. The Hall–Kier alpha value is -3.50. The molecule has 0 bridgehead atoms. The van der Waals surface area contributed by atoms with E-state index in [9.17, 15) is 24.0 Å². The van der Waals surface area contributed by atoms with Gasteiger partial charge in [0.1, 0.15) is 24.1 Å². The van der Waals surface area contributed by atoms with E-state index in [2.05, 4.69) is 33.0 Å². The predicted molar refractivity (Wildman–Crippen MR) is 134 cm³/mol. The van der Waals surface area contributed by atoms with E-state index >= 15 is 0 Å². The molecule has 3 rings (SSSR count). The van der Waals surface area contributed by atoms with Gasteiger partial charge in [0.15, 0.2) is 5.69 Å². The number of aryl methyl sites for hydroxylation is 1. The summed E-state index contributed by atoms with van der Waals surface area (Å²) >= 11 is 0. The van der Waals surface area contributed by atoms with Gasteiger partial charge in [0, 0.05) is 18.5 Å². The predicted octanol–water partition coefficient (Wildman–Crippen LogP) is 1.32. The van der Waals surface area contributed by atoms with Crippen molar-refractivity contribution in [1.82, 2.24) is 26.4 Å². The van der Waals surface area contributed by atoms with E-state index < -0.39 is 35.8 Å². The number of amides is 4. The first-order valence-corrected chi connectivity index (χ1v) is 12.9. The molecular weight excluding hydrogens is 478 g/mol. The van der Waals surface area contributed by atoms with Crippen molar-refractivity contribution in [2.24, 2.45) is 11.8 Å². The molecule has 11 heteroatoms. The maximum absolute atomic E-state index is 13.3. The second-order valence-corrected chi connectivity index (χ2v) is 10.1. The standard InChI is InChI=1S/C26H37N5O6/c1-15(2)22(30-25(35)21-11-16(3)37-31-21)26(36)29-20(12-17-7-5-4-6-8-17)24(34)28-19(14-32)13-18-9-10-27-23(18)33/h11,14,17-20,22H,1,4-10,12-13H2,2-3H3,(H,27,33)(H,28,34)(H,29,36)(H,30,35)/t18-,19-,20-,22-/m0/s1. The van der Waals surface area contributed by atoms with Crippen molar-refractivity contribution in [2.45, 2.75) is 83.3 Å². The molecule has 4 N–H and O–H groups in total. The molecule has 1 aromatic heterocycles. The molecular formula is C26H37N5O6. The molecule has 0 aromatic carbocycles. The lowest BCUT2D eigenvalue weighted by atomic mass is 9.84. The van der Waals surface area contributed by atoms with Crippen molar-refractivity contribution in [2.75, 3.05) is 6.54 Å². The minimum atomic E-state index is -1.10. The first-order valence-electron chi connectivity index (χ1n) is 12.9. The van der Waals surface area contributed by atoms with Crippen LogP contribution in [-0.2, 0) is 19.2 Å². The smallest absolute Gasteiger partial charge is 0.274 e. The zero-order valence-electron chi connectivity index (χ0n) is 21.5. The minimum absolute atomic E-state index is 0.0258. The second kappa shape index (κ2) is 13.2. The third-order valence-corrected chi connectivity index (χ3v) is 7.01. The highest BCUT2D eigenvalue weighted by Gasteiger charge is 2.33. The Morgan fingerprint density at radius 3 is 2.43 bits per heavy atom. The zero-order valence-corrected chi connectivity index (χ0v) is 21.5. The normalized spacial score (nSPS) is 20.3. The Morgan fingerprint density at radius 2 is 1.86 bits per heavy atom. The summed E-state index contributed by atoms with van der Waals surface area (Å²) in [4.78, 5) is 62.8. The van der Waals surface area contributed by atoms with Crippen LogP contribution in [-0.4, -0.2) is 59.7 Å². The molecule has 0 unspecified atom stereocenters. The summed E-state index contributed by atoms with van der Waals surface area (Å²) in [5.41, 5.74) is 0.402. The maximum atomic E-state index is 13.3. The van der Waals surface area contributed by atoms with Gasteiger partial charge in [0.25, 0.3) is 5.91 Å². The van der Waals surface area contributed by atoms with E-state index in [1.807, 2.05) is 0 Å². The number of aromatic nitrogens is 1. The molecule has 2 fully saturated rings. The summed E-state index contributed by atoms with van der Waals surface area (Å²) in [5, 5.41) is 14.5. The lowest BCUT2D eigenvalue weighted by Gasteiger charge is -2.29. The van der Waals surface area contributed by atoms with Gasteiger partial charge < -0.3 is 30.6 Å². The number of hydrogen-bond acceptors (Lipinski definition) is 7. The molecule has 1 aliphatic heterocycles. The number of hydrogen-bond donors (Lipinski definition) is 4. The van der Waals surface area contributed by atoms with Crippen molar-refractivity contribution < 1.29 is 28.5 Å². The van der Waals surface area contributed by atoms with Crippen molar-refractivity contribution in [3.8, 4) is 0 Å². The molecule has 0 radical (unpaired) electrons. The molecule has 202 valence electrons. The summed E-state index contributed by atoms with van der Waals surface area (Å²) in [6.07, 6.45) is 6.99. The average Bonchev–Trinajstić information content (AvgIpc) is 3.49. The van der Waals surface area contributed by atoms with Crippen LogP contribution < -0.4 is 21.3 Å². The highest BCUT2D eigenvalue weighted by Crippen LogP contribution is 2.27. The average molecular weight is 516 g/mol. The Labute approximate surface area is 216 Å². The van der Waals surface area contributed by atoms with Crippen LogP contribution >= 0.6 is 0 Å². The molecule has 2 heterocycles. The molecule has 1 aromatic rings. The third-order valence-electron chi connectivity index (χ3n) is 7.01. The van der Waals surface area contributed by atoms with E-state index in [-0.39, 0.29) is 29.9 Å². The van der Waals surface area contributed by atoms with Gasteiger partial charge in [-0.1, -0.05) is 43.8 Å². The number of carbonyl (C=O) groups is 5. The number of nitrogens with one attached hydrogen (secondary N) is 4. The molecule has 2 aliphatic rings. The largest absolute Gasteiger partial charge is 0.361 e. The number of aldehydes is 1. The summed E-state index contributed by atoms with van der Waals surface area (Å²) < 4.78 is 4.93. The molecule has 4 atom stereocenters. The number of nitrogens with zero attached hydrogens (tertiary/aromatic N) is 1. The van der Waals surface area contributed by atoms with Crippen LogP contribution in [0.4, 0.5) is 0 Å². The van der Waals surface area contributed by atoms with Gasteiger partial charge in [-0.3, -0.25) is 19.2 Å². The van der Waals surface area contributed by atoms with Crippen LogP contribution in [0.1, 0.15) is 74.5 Å². The number of rotatable bonds is 12. The van der Waals surface area contributed by atoms with Crippen molar-refractivity contribution in [1.29, 1.82) is 0 Å². The Kier molecular flexibility index (Phi) is 9.99. The SMILES string of the molecule is C=C(C)[C@H](NC(=O)c1cc(C)on1)C(=O)N[C@@H](CC1CCCCC1)C(=O)N[C@H](C=O)C[C@@H]1CCNC1=O. The van der Waals surface area contributed by atoms with Gasteiger partial charge in [-0.25, -0.2) is 0 Å². The Balaban J connectivity index is 1.70. The fourth-order valence-electron chi connectivity index (χ4n) is 4.94. The van der Waals surface area contributed by atoms with Gasteiger partial charge in [0.05, 0.1) is 6.04 Å². The van der Waals surface area contributed by atoms with E-state index in [1.165, 1.54) is 6.07 Å². The lowest BCUT2D eigenvalue weighted by Crippen LogP contribution is -2.56. The van der Waals surface area contributed by atoms with Gasteiger partial charge in [-0.2, -0.15) is 0 Å². The molecule has 0 spiro atoms. The van der Waals surface area contributed by atoms with Crippen LogP contribution in [0.5, 0.6) is 0 Å². The summed E-state index contributed by atoms with van der Waals surface area (Å²) in [5.74, 6) is -1.46. The Morgan fingerprint density at radius 1 is 1.14 bits per heavy atom. The van der Waals surface area contributed by atoms with Gasteiger partial charge >= 0.3 is 0 Å². The Bertz CT molecular complexity index is 1010. The second-order valence-electron chi connectivity index (χ2n) is 10.1. The van der Waals surface area contributed by atoms with E-state index in [1.54, 1.807) is 13.8 Å². The topological polar surface area (TPSA) is 160 Å². The van der Waals surface area contributed by atoms with E-state index in [4.69, 9.17) is 4.52 Å². The molecule has 1 saturated heterocycles. The molecule has 37 heavy (non-hydrogen) atoms. The van der Waals surface area contributed by atoms with Crippen LogP contribution in [0.3, 0.4) is 0 Å². The summed E-state index contributed by atoms with van der Waals surface area (Å²) in [6.45, 7) is 7.61. The van der Waals surface area contributed by atoms with Crippen molar-refractivity contribution in [3.63, 3.8) is 0 Å². The van der Waals surface area contributed by atoms with Crippen LogP contribution in [0.2, 0.25) is 0 Å². The fraction of sp³-hybridized carbons (Fsp3) is 0.615. The summed E-state index contributed by atoms with van der Waals surface area (Å²) in [7, 11) is 0. The maximum Gasteiger partial charge on any atom is 0.274 e. The quantitative estimate of drug-likeness (QED) is 0.241. The first-order chi connectivity index (χ1) is 17.7. The molecule has 1 saturated carbocycles. The highest BCUT2D eigenvalue weighted by molar-refractivity contribution is 5.98. The lowest BCUT2D eigenvalue weighted by molar-refractivity contribution is -0.131.